The molecule has 0 aliphatic carbocycles. The molecule has 1 aromatic heterocycles. The Morgan fingerprint density at radius 3 is 2.79 bits per heavy atom. The van der Waals surface area contributed by atoms with E-state index >= 15 is 0 Å². The molecule has 0 N–H and O–H groups in total. The molecule has 0 saturated heterocycles. The van der Waals surface area contributed by atoms with Gasteiger partial charge in [0.25, 0.3) is 0 Å². The number of aromatic nitrogens is 1. The van der Waals surface area contributed by atoms with Gasteiger partial charge in [0.2, 0.25) is 11.6 Å². The Morgan fingerprint density at radius 1 is 1.42 bits per heavy atom. The van der Waals surface area contributed by atoms with Gasteiger partial charge >= 0.3 is 5.69 Å². The molecule has 5 nitrogen and oxygen atoms in total. The molecule has 0 aliphatic heterocycles. The molecule has 0 bridgehead atoms. The number of nitro groups is 1. The summed E-state index contributed by atoms with van der Waals surface area (Å²) in [6.07, 6.45) is 1.61. The van der Waals surface area contributed by atoms with Crippen molar-refractivity contribution in [3.63, 3.8) is 0 Å². The third-order valence-electron chi connectivity index (χ3n) is 2.27. The fraction of sp³-hybridized carbons (Fsp3) is 0.0833. The number of hydrogen-bond acceptors (Lipinski definition) is 4. The molecule has 0 atom stereocenters. The summed E-state index contributed by atoms with van der Waals surface area (Å²) in [5, 5.41) is 11.3. The molecule has 0 saturated carbocycles. The number of hydrogen-bond donors (Lipinski definition) is 0. The number of benzene rings is 1. The van der Waals surface area contributed by atoms with Crippen molar-refractivity contribution in [2.24, 2.45) is 0 Å². The van der Waals surface area contributed by atoms with Gasteiger partial charge in [-0.2, -0.15) is 0 Å². The Bertz CT molecular complexity index is 649. The lowest BCUT2D eigenvalue weighted by atomic mass is 10.3. The Hall–Kier alpha value is -1.66. The van der Waals surface area contributed by atoms with Crippen molar-refractivity contribution in [3.8, 4) is 11.6 Å². The van der Waals surface area contributed by atoms with E-state index in [2.05, 4.69) is 20.9 Å². The van der Waals surface area contributed by atoms with E-state index in [9.17, 15) is 10.1 Å². The minimum Gasteiger partial charge on any atom is -0.431 e. The van der Waals surface area contributed by atoms with Crippen LogP contribution in [0.25, 0.3) is 0 Å². The smallest absolute Gasteiger partial charge is 0.311 e. The number of ether oxygens (including phenoxy) is 1. The maximum atomic E-state index is 10.9. The van der Waals surface area contributed by atoms with Crippen LogP contribution in [-0.2, 0) is 0 Å². The Balaban J connectivity index is 2.42. The highest BCUT2D eigenvalue weighted by Gasteiger charge is 2.17. The fourth-order valence-electron chi connectivity index (χ4n) is 1.42. The number of aryl methyl sites for hydroxylation is 1. The van der Waals surface area contributed by atoms with Gasteiger partial charge in [0, 0.05) is 23.4 Å². The predicted molar refractivity (Wildman–Crippen MR) is 74.9 cm³/mol. The van der Waals surface area contributed by atoms with Gasteiger partial charge in [0.1, 0.15) is 0 Å². The van der Waals surface area contributed by atoms with Crippen molar-refractivity contribution in [1.29, 1.82) is 0 Å². The van der Waals surface area contributed by atoms with E-state index in [0.717, 1.165) is 5.56 Å². The highest BCUT2D eigenvalue weighted by atomic mass is 79.9. The number of rotatable bonds is 3. The van der Waals surface area contributed by atoms with Crippen LogP contribution in [0.2, 0.25) is 5.02 Å². The topological polar surface area (TPSA) is 65.3 Å². The van der Waals surface area contributed by atoms with E-state index in [-0.39, 0.29) is 17.3 Å². The molecule has 2 rings (SSSR count). The van der Waals surface area contributed by atoms with Gasteiger partial charge in [0.05, 0.1) is 9.40 Å². The number of halogens is 2. The molecule has 0 aliphatic rings. The van der Waals surface area contributed by atoms with E-state index < -0.39 is 4.92 Å². The Morgan fingerprint density at radius 2 is 2.16 bits per heavy atom. The van der Waals surface area contributed by atoms with Gasteiger partial charge in [-0.05, 0) is 40.5 Å². The summed E-state index contributed by atoms with van der Waals surface area (Å²) in [7, 11) is 0. The van der Waals surface area contributed by atoms with E-state index in [1.807, 2.05) is 6.92 Å². The predicted octanol–water partition coefficient (Wildman–Crippen LogP) is 4.51. The summed E-state index contributed by atoms with van der Waals surface area (Å²) in [6, 6.07) is 5.91. The summed E-state index contributed by atoms with van der Waals surface area (Å²) >= 11 is 9.11. The van der Waals surface area contributed by atoms with Gasteiger partial charge in [-0.3, -0.25) is 10.1 Å². The first-order chi connectivity index (χ1) is 8.97. The average molecular weight is 344 g/mol. The second-order valence-corrected chi connectivity index (χ2v) is 5.06. The maximum Gasteiger partial charge on any atom is 0.311 e. The van der Waals surface area contributed by atoms with Crippen LogP contribution in [0.4, 0.5) is 5.69 Å². The zero-order valence-corrected chi connectivity index (χ0v) is 12.1. The van der Waals surface area contributed by atoms with Crippen LogP contribution in [0.15, 0.2) is 34.9 Å². The van der Waals surface area contributed by atoms with Crippen molar-refractivity contribution in [1.82, 2.24) is 4.98 Å². The van der Waals surface area contributed by atoms with Crippen LogP contribution in [0, 0.1) is 17.0 Å². The molecular weight excluding hydrogens is 336 g/mol. The molecule has 0 amide bonds. The molecule has 0 unspecified atom stereocenters. The summed E-state index contributed by atoms with van der Waals surface area (Å²) in [4.78, 5) is 14.4. The van der Waals surface area contributed by atoms with E-state index in [4.69, 9.17) is 16.3 Å². The summed E-state index contributed by atoms with van der Waals surface area (Å²) in [5.74, 6) is 0.297. The van der Waals surface area contributed by atoms with Crippen molar-refractivity contribution in [2.75, 3.05) is 0 Å². The fourth-order valence-corrected chi connectivity index (χ4v) is 2.13. The highest BCUT2D eigenvalue weighted by molar-refractivity contribution is 9.10. The van der Waals surface area contributed by atoms with E-state index in [1.54, 1.807) is 12.3 Å². The summed E-state index contributed by atoms with van der Waals surface area (Å²) in [6.45, 7) is 1.88. The lowest BCUT2D eigenvalue weighted by Gasteiger charge is -2.07. The zero-order valence-electron chi connectivity index (χ0n) is 9.76. The molecule has 7 heteroatoms. The minimum atomic E-state index is -0.534. The van der Waals surface area contributed by atoms with Gasteiger partial charge < -0.3 is 4.74 Å². The van der Waals surface area contributed by atoms with Gasteiger partial charge in [-0.15, -0.1) is 0 Å². The molecule has 0 fully saturated rings. The second-order valence-electron chi connectivity index (χ2n) is 3.77. The molecule has 1 aromatic carbocycles. The monoisotopic (exact) mass is 342 g/mol. The number of pyridine rings is 1. The van der Waals surface area contributed by atoms with Crippen molar-refractivity contribution < 1.29 is 9.66 Å². The molecular formula is C12H8BrClN2O3. The first-order valence-electron chi connectivity index (χ1n) is 5.21. The average Bonchev–Trinajstić information content (AvgIpc) is 2.32. The van der Waals surface area contributed by atoms with Crippen LogP contribution < -0.4 is 4.74 Å². The normalized spacial score (nSPS) is 10.3. The maximum absolute atomic E-state index is 10.9. The van der Waals surface area contributed by atoms with Crippen LogP contribution in [0.5, 0.6) is 11.6 Å². The quantitative estimate of drug-likeness (QED) is 0.607. The SMILES string of the molecule is Cc1cnc(Oc2cc(Cl)ccc2[N+](=O)[O-])c(Br)c1. The highest BCUT2D eigenvalue weighted by Crippen LogP contribution is 2.35. The molecule has 19 heavy (non-hydrogen) atoms. The number of nitro benzene ring substituents is 1. The van der Waals surface area contributed by atoms with Gasteiger partial charge in [0.15, 0.2) is 0 Å². The van der Waals surface area contributed by atoms with Crippen LogP contribution >= 0.6 is 27.5 Å². The third-order valence-corrected chi connectivity index (χ3v) is 3.07. The third kappa shape index (κ3) is 3.21. The Labute approximate surface area is 122 Å². The standard InChI is InChI=1S/C12H8BrClN2O3/c1-7-4-9(13)12(15-6-7)19-11-5-8(14)2-3-10(11)16(17)18/h2-6H,1H3. The molecule has 1 heterocycles. The van der Waals surface area contributed by atoms with Crippen molar-refractivity contribution in [2.45, 2.75) is 6.92 Å². The van der Waals surface area contributed by atoms with Crippen LogP contribution in [0.3, 0.4) is 0 Å². The summed E-state index contributed by atoms with van der Waals surface area (Å²) < 4.78 is 6.07. The van der Waals surface area contributed by atoms with Gasteiger partial charge in [-0.1, -0.05) is 11.6 Å². The number of nitrogens with zero attached hydrogens (tertiary/aromatic N) is 2. The second kappa shape index (κ2) is 5.54. The zero-order chi connectivity index (χ0) is 14.0. The van der Waals surface area contributed by atoms with Crippen LogP contribution in [-0.4, -0.2) is 9.91 Å². The van der Waals surface area contributed by atoms with E-state index in [0.29, 0.717) is 9.50 Å². The Kier molecular flexibility index (Phi) is 4.01. The lowest BCUT2D eigenvalue weighted by molar-refractivity contribution is -0.385. The van der Waals surface area contributed by atoms with Crippen molar-refractivity contribution >= 4 is 33.2 Å². The lowest BCUT2D eigenvalue weighted by Crippen LogP contribution is -1.95. The molecule has 0 radical (unpaired) electrons. The molecule has 98 valence electrons. The first kappa shape index (κ1) is 13.8. The van der Waals surface area contributed by atoms with Crippen LogP contribution in [0.1, 0.15) is 5.56 Å². The van der Waals surface area contributed by atoms with Gasteiger partial charge in [-0.25, -0.2) is 4.98 Å². The largest absolute Gasteiger partial charge is 0.431 e. The molecule has 2 aromatic rings. The van der Waals surface area contributed by atoms with E-state index in [1.165, 1.54) is 18.2 Å². The minimum absolute atomic E-state index is 0.0505. The molecule has 0 spiro atoms. The first-order valence-corrected chi connectivity index (χ1v) is 6.38. The summed E-state index contributed by atoms with van der Waals surface area (Å²) in [5.41, 5.74) is 0.776. The van der Waals surface area contributed by atoms with Crippen molar-refractivity contribution in [3.05, 3.63) is 55.6 Å².